The Morgan fingerprint density at radius 2 is 1.70 bits per heavy atom. The van der Waals surface area contributed by atoms with Gasteiger partial charge < -0.3 is 5.32 Å². The van der Waals surface area contributed by atoms with Gasteiger partial charge >= 0.3 is 0 Å². The monoisotopic (exact) mass is 309 g/mol. The Bertz CT molecular complexity index is 606. The molecule has 1 N–H and O–H groups in total. The average molecular weight is 310 g/mol. The second kappa shape index (κ2) is 5.63. The van der Waals surface area contributed by atoms with E-state index >= 15 is 0 Å². The van der Waals surface area contributed by atoms with E-state index in [0.717, 1.165) is 23.6 Å². The summed E-state index contributed by atoms with van der Waals surface area (Å²) in [5, 5.41) is 4.25. The van der Waals surface area contributed by atoms with Gasteiger partial charge in [-0.15, -0.1) is 0 Å². The molecular weight excluding hydrogens is 296 g/mol. The molecule has 1 aliphatic rings. The van der Waals surface area contributed by atoms with Crippen molar-refractivity contribution in [3.63, 3.8) is 0 Å². The number of rotatable bonds is 3. The number of benzene rings is 2. The van der Waals surface area contributed by atoms with Crippen LogP contribution in [0, 0.1) is 5.82 Å². The number of halogens is 3. The molecule has 0 heterocycles. The number of hydrogen-bond acceptors (Lipinski definition) is 1. The Morgan fingerprint density at radius 1 is 1.00 bits per heavy atom. The summed E-state index contributed by atoms with van der Waals surface area (Å²) in [4.78, 5) is 0. The molecule has 4 heteroatoms. The van der Waals surface area contributed by atoms with Crippen LogP contribution in [-0.4, -0.2) is 6.04 Å². The number of anilines is 1. The van der Waals surface area contributed by atoms with E-state index in [0.29, 0.717) is 12.0 Å². The Labute approximate surface area is 127 Å². The molecule has 3 rings (SSSR count). The van der Waals surface area contributed by atoms with E-state index in [9.17, 15) is 4.39 Å². The maximum absolute atomic E-state index is 13.3. The van der Waals surface area contributed by atoms with Crippen molar-refractivity contribution in [3.8, 4) is 0 Å². The first-order valence-electron chi connectivity index (χ1n) is 6.59. The minimum Gasteiger partial charge on any atom is -0.382 e. The zero-order valence-corrected chi connectivity index (χ0v) is 12.3. The molecule has 0 amide bonds. The van der Waals surface area contributed by atoms with Crippen LogP contribution in [0.5, 0.6) is 0 Å². The molecule has 0 saturated heterocycles. The Hall–Kier alpha value is -1.25. The smallest absolute Gasteiger partial charge is 0.143 e. The van der Waals surface area contributed by atoms with Gasteiger partial charge in [0.2, 0.25) is 0 Å². The number of nitrogens with one attached hydrogen (secondary N) is 1. The molecule has 0 spiro atoms. The first-order valence-corrected chi connectivity index (χ1v) is 7.34. The molecule has 0 unspecified atom stereocenters. The minimum absolute atomic E-state index is 0.156. The number of hydrogen-bond donors (Lipinski definition) is 1. The highest BCUT2D eigenvalue weighted by Crippen LogP contribution is 2.39. The second-order valence-corrected chi connectivity index (χ2v) is 6.03. The van der Waals surface area contributed by atoms with Gasteiger partial charge in [-0.2, -0.15) is 0 Å². The fraction of sp³-hybridized carbons (Fsp3) is 0.250. The molecule has 1 fully saturated rings. The molecule has 2 aromatic carbocycles. The van der Waals surface area contributed by atoms with Crippen LogP contribution in [0.3, 0.4) is 0 Å². The van der Waals surface area contributed by atoms with E-state index in [1.807, 2.05) is 12.1 Å². The lowest BCUT2D eigenvalue weighted by Crippen LogP contribution is -2.33. The second-order valence-electron chi connectivity index (χ2n) is 5.19. The van der Waals surface area contributed by atoms with Crippen molar-refractivity contribution in [2.75, 3.05) is 5.32 Å². The summed E-state index contributed by atoms with van der Waals surface area (Å²) < 4.78 is 13.3. The molecule has 0 radical (unpaired) electrons. The molecule has 0 atom stereocenters. The summed E-state index contributed by atoms with van der Waals surface area (Å²) in [6.07, 6.45) is 2.09. The predicted octanol–water partition coefficient (Wildman–Crippen LogP) is 5.49. The largest absolute Gasteiger partial charge is 0.382 e. The van der Waals surface area contributed by atoms with E-state index in [1.54, 1.807) is 12.1 Å². The van der Waals surface area contributed by atoms with Gasteiger partial charge in [-0.25, -0.2) is 4.39 Å². The van der Waals surface area contributed by atoms with Gasteiger partial charge in [0.25, 0.3) is 0 Å². The normalized spacial score (nSPS) is 21.4. The van der Waals surface area contributed by atoms with E-state index in [-0.39, 0.29) is 10.8 Å². The summed E-state index contributed by atoms with van der Waals surface area (Å²) in [5.41, 5.74) is 2.10. The zero-order chi connectivity index (χ0) is 14.1. The molecule has 1 nitrogen and oxygen atoms in total. The molecular formula is C16H14Cl2FN. The third-order valence-corrected chi connectivity index (χ3v) is 4.33. The topological polar surface area (TPSA) is 12.0 Å². The van der Waals surface area contributed by atoms with Crippen LogP contribution in [0.4, 0.5) is 10.1 Å². The Kier molecular flexibility index (Phi) is 3.86. The Balaban J connectivity index is 1.58. The van der Waals surface area contributed by atoms with Crippen molar-refractivity contribution in [1.29, 1.82) is 0 Å². The van der Waals surface area contributed by atoms with Crippen LogP contribution >= 0.6 is 23.2 Å². The fourth-order valence-electron chi connectivity index (χ4n) is 2.56. The van der Waals surface area contributed by atoms with Crippen LogP contribution in [0.2, 0.25) is 10.0 Å². The average Bonchev–Trinajstić information content (AvgIpc) is 2.39. The van der Waals surface area contributed by atoms with E-state index in [1.165, 1.54) is 11.6 Å². The summed E-state index contributed by atoms with van der Waals surface area (Å²) in [6.45, 7) is 0. The maximum atomic E-state index is 13.3. The molecule has 0 aliphatic heterocycles. The van der Waals surface area contributed by atoms with E-state index in [4.69, 9.17) is 23.2 Å². The molecule has 1 aliphatic carbocycles. The van der Waals surface area contributed by atoms with Gasteiger partial charge in [0.15, 0.2) is 0 Å². The van der Waals surface area contributed by atoms with Crippen molar-refractivity contribution in [2.45, 2.75) is 24.8 Å². The quantitative estimate of drug-likeness (QED) is 0.790. The van der Waals surface area contributed by atoms with Crippen molar-refractivity contribution < 1.29 is 4.39 Å². The fourth-order valence-corrected chi connectivity index (χ4v) is 2.81. The van der Waals surface area contributed by atoms with Crippen LogP contribution in [-0.2, 0) is 0 Å². The van der Waals surface area contributed by atoms with Crippen LogP contribution in [0.15, 0.2) is 42.5 Å². The highest BCUT2D eigenvalue weighted by atomic mass is 35.5. The molecule has 0 bridgehead atoms. The van der Waals surface area contributed by atoms with Gasteiger partial charge in [-0.05, 0) is 54.7 Å². The van der Waals surface area contributed by atoms with E-state index < -0.39 is 0 Å². The van der Waals surface area contributed by atoms with Crippen molar-refractivity contribution in [1.82, 2.24) is 0 Å². The lowest BCUT2D eigenvalue weighted by atomic mass is 9.76. The summed E-state index contributed by atoms with van der Waals surface area (Å²) >= 11 is 11.5. The van der Waals surface area contributed by atoms with Gasteiger partial charge in [-0.1, -0.05) is 35.3 Å². The first-order chi connectivity index (χ1) is 9.61. The van der Waals surface area contributed by atoms with Crippen molar-refractivity contribution in [2.24, 2.45) is 0 Å². The Morgan fingerprint density at radius 3 is 2.35 bits per heavy atom. The van der Waals surface area contributed by atoms with Crippen LogP contribution in [0.25, 0.3) is 0 Å². The van der Waals surface area contributed by atoms with Crippen molar-refractivity contribution >= 4 is 28.9 Å². The third kappa shape index (κ3) is 2.92. The first kappa shape index (κ1) is 13.7. The van der Waals surface area contributed by atoms with Crippen molar-refractivity contribution in [3.05, 3.63) is 63.9 Å². The molecule has 1 saturated carbocycles. The third-order valence-electron chi connectivity index (χ3n) is 3.77. The summed E-state index contributed by atoms with van der Waals surface area (Å²) in [5.74, 6) is 0.173. The van der Waals surface area contributed by atoms with E-state index in [2.05, 4.69) is 17.4 Å². The van der Waals surface area contributed by atoms with Gasteiger partial charge in [0.05, 0.1) is 5.02 Å². The minimum atomic E-state index is -0.384. The van der Waals surface area contributed by atoms with Gasteiger partial charge in [-0.3, -0.25) is 0 Å². The lowest BCUT2D eigenvalue weighted by molar-refractivity contribution is 0.374. The zero-order valence-electron chi connectivity index (χ0n) is 10.7. The summed E-state index contributed by atoms with van der Waals surface area (Å²) in [7, 11) is 0. The van der Waals surface area contributed by atoms with Crippen LogP contribution < -0.4 is 5.32 Å². The van der Waals surface area contributed by atoms with Gasteiger partial charge in [0.1, 0.15) is 5.82 Å². The molecule has 20 heavy (non-hydrogen) atoms. The molecule has 2 aromatic rings. The predicted molar refractivity (Wildman–Crippen MR) is 82.2 cm³/mol. The molecule has 104 valence electrons. The summed E-state index contributed by atoms with van der Waals surface area (Å²) in [6, 6.07) is 13.2. The maximum Gasteiger partial charge on any atom is 0.143 e. The SMILES string of the molecule is Fc1cc(NC2CC(c3ccc(Cl)cc3)C2)ccc1Cl. The highest BCUT2D eigenvalue weighted by Gasteiger charge is 2.30. The standard InChI is InChI=1S/C16H14Cl2FN/c17-12-3-1-10(2-4-12)11-7-14(8-11)20-13-5-6-15(18)16(19)9-13/h1-6,9,11,14,20H,7-8H2. The lowest BCUT2D eigenvalue weighted by Gasteiger charge is -2.37. The molecule has 0 aromatic heterocycles. The highest BCUT2D eigenvalue weighted by molar-refractivity contribution is 6.31. The van der Waals surface area contributed by atoms with Crippen LogP contribution in [0.1, 0.15) is 24.3 Å². The van der Waals surface area contributed by atoms with Gasteiger partial charge in [0, 0.05) is 16.8 Å².